The Balaban J connectivity index is 1.80. The molecular formula is C16H18N4O2. The summed E-state index contributed by atoms with van der Waals surface area (Å²) < 4.78 is 7.41. The van der Waals surface area contributed by atoms with E-state index in [4.69, 9.17) is 4.42 Å². The fourth-order valence-electron chi connectivity index (χ4n) is 2.15. The van der Waals surface area contributed by atoms with Gasteiger partial charge in [-0.1, -0.05) is 13.8 Å². The number of rotatable bonds is 4. The number of hydrogen-bond acceptors (Lipinski definition) is 4. The van der Waals surface area contributed by atoms with Gasteiger partial charge in [-0.05, 0) is 25.1 Å². The van der Waals surface area contributed by atoms with E-state index in [-0.39, 0.29) is 17.9 Å². The van der Waals surface area contributed by atoms with Crippen LogP contribution in [0, 0.1) is 0 Å². The minimum Gasteiger partial charge on any atom is -0.440 e. The topological polar surface area (TPSA) is 73.0 Å². The highest BCUT2D eigenvalue weighted by Gasteiger charge is 2.15. The molecule has 0 aliphatic carbocycles. The van der Waals surface area contributed by atoms with Crippen molar-refractivity contribution in [2.24, 2.45) is 0 Å². The molecule has 6 nitrogen and oxygen atoms in total. The van der Waals surface area contributed by atoms with Crippen LogP contribution in [0.4, 0.5) is 5.69 Å². The first kappa shape index (κ1) is 14.3. The van der Waals surface area contributed by atoms with Crippen molar-refractivity contribution in [2.75, 3.05) is 5.32 Å². The number of carbonyl (C=O) groups excluding carboxylic acids is 1. The van der Waals surface area contributed by atoms with E-state index in [1.165, 1.54) is 0 Å². The van der Waals surface area contributed by atoms with Crippen LogP contribution in [-0.2, 0) is 4.79 Å². The lowest BCUT2D eigenvalue weighted by atomic mass is 10.2. The molecular weight excluding hydrogens is 280 g/mol. The number of oxazole rings is 1. The normalized spacial score (nSPS) is 12.7. The van der Waals surface area contributed by atoms with Gasteiger partial charge in [0.05, 0.1) is 6.33 Å². The summed E-state index contributed by atoms with van der Waals surface area (Å²) in [4.78, 5) is 20.7. The quantitative estimate of drug-likeness (QED) is 0.801. The molecule has 2 heterocycles. The Hall–Kier alpha value is -2.63. The Bertz CT molecular complexity index is 790. The fraction of sp³-hybridized carbons (Fsp3) is 0.312. The summed E-state index contributed by atoms with van der Waals surface area (Å²) in [5, 5.41) is 2.89. The Morgan fingerprint density at radius 2 is 2.14 bits per heavy atom. The molecule has 0 aliphatic heterocycles. The fourth-order valence-corrected chi connectivity index (χ4v) is 2.15. The van der Waals surface area contributed by atoms with E-state index < -0.39 is 0 Å². The van der Waals surface area contributed by atoms with Crippen LogP contribution < -0.4 is 5.32 Å². The number of amides is 1. The molecule has 0 saturated heterocycles. The van der Waals surface area contributed by atoms with E-state index in [9.17, 15) is 4.79 Å². The maximum absolute atomic E-state index is 12.3. The third-order valence-electron chi connectivity index (χ3n) is 3.52. The lowest BCUT2D eigenvalue weighted by Gasteiger charge is -2.13. The maximum Gasteiger partial charge on any atom is 0.247 e. The van der Waals surface area contributed by atoms with Gasteiger partial charge in [-0.3, -0.25) is 4.79 Å². The second-order valence-corrected chi connectivity index (χ2v) is 5.56. The molecule has 0 bridgehead atoms. The van der Waals surface area contributed by atoms with E-state index in [1.54, 1.807) is 23.3 Å². The number of aromatic nitrogens is 3. The van der Waals surface area contributed by atoms with Gasteiger partial charge in [-0.25, -0.2) is 9.97 Å². The summed E-state index contributed by atoms with van der Waals surface area (Å²) in [6.07, 6.45) is 5.04. The van der Waals surface area contributed by atoms with Crippen LogP contribution in [0.15, 0.2) is 41.3 Å². The van der Waals surface area contributed by atoms with Crippen molar-refractivity contribution in [2.45, 2.75) is 32.7 Å². The summed E-state index contributed by atoms with van der Waals surface area (Å²) in [5.74, 6) is 0.821. The molecule has 0 fully saturated rings. The highest BCUT2D eigenvalue weighted by atomic mass is 16.3. The molecule has 1 unspecified atom stereocenters. The first-order chi connectivity index (χ1) is 10.5. The SMILES string of the molecule is CC(C)c1nc2cc(NC(=O)C(C)n3ccnc3)ccc2o1. The molecule has 1 N–H and O–H groups in total. The summed E-state index contributed by atoms with van der Waals surface area (Å²) in [7, 11) is 0. The Labute approximate surface area is 128 Å². The monoisotopic (exact) mass is 298 g/mol. The largest absolute Gasteiger partial charge is 0.440 e. The number of carbonyl (C=O) groups is 1. The average Bonchev–Trinajstić information content (AvgIpc) is 3.15. The van der Waals surface area contributed by atoms with E-state index in [0.29, 0.717) is 11.6 Å². The molecule has 22 heavy (non-hydrogen) atoms. The zero-order chi connectivity index (χ0) is 15.7. The minimum atomic E-state index is -0.332. The van der Waals surface area contributed by atoms with Crippen molar-refractivity contribution in [3.63, 3.8) is 0 Å². The second kappa shape index (κ2) is 5.63. The number of hydrogen-bond donors (Lipinski definition) is 1. The van der Waals surface area contributed by atoms with Crippen LogP contribution in [-0.4, -0.2) is 20.4 Å². The van der Waals surface area contributed by atoms with Crippen molar-refractivity contribution in [1.82, 2.24) is 14.5 Å². The Kier molecular flexibility index (Phi) is 3.66. The van der Waals surface area contributed by atoms with E-state index in [2.05, 4.69) is 15.3 Å². The molecule has 1 amide bonds. The summed E-state index contributed by atoms with van der Waals surface area (Å²) in [6.45, 7) is 5.88. The van der Waals surface area contributed by atoms with Crippen LogP contribution in [0.25, 0.3) is 11.1 Å². The van der Waals surface area contributed by atoms with Crippen LogP contribution >= 0.6 is 0 Å². The van der Waals surface area contributed by atoms with Crippen LogP contribution in [0.5, 0.6) is 0 Å². The average molecular weight is 298 g/mol. The highest BCUT2D eigenvalue weighted by Crippen LogP contribution is 2.24. The van der Waals surface area contributed by atoms with Gasteiger partial charge in [0.1, 0.15) is 11.6 Å². The van der Waals surface area contributed by atoms with Crippen LogP contribution in [0.3, 0.4) is 0 Å². The van der Waals surface area contributed by atoms with Gasteiger partial charge in [0, 0.05) is 24.0 Å². The van der Waals surface area contributed by atoms with Crippen molar-refractivity contribution < 1.29 is 9.21 Å². The third kappa shape index (κ3) is 2.72. The Morgan fingerprint density at radius 3 is 2.82 bits per heavy atom. The number of nitrogens with zero attached hydrogens (tertiary/aromatic N) is 3. The zero-order valence-corrected chi connectivity index (χ0v) is 12.8. The van der Waals surface area contributed by atoms with E-state index in [1.807, 2.05) is 39.0 Å². The molecule has 0 radical (unpaired) electrons. The van der Waals surface area contributed by atoms with Crippen molar-refractivity contribution in [1.29, 1.82) is 0 Å². The number of fused-ring (bicyclic) bond motifs is 1. The molecule has 1 atom stereocenters. The predicted octanol–water partition coefficient (Wildman–Crippen LogP) is 3.35. The minimum absolute atomic E-state index is 0.107. The second-order valence-electron chi connectivity index (χ2n) is 5.56. The van der Waals surface area contributed by atoms with Gasteiger partial charge >= 0.3 is 0 Å². The van der Waals surface area contributed by atoms with Crippen molar-refractivity contribution in [3.05, 3.63) is 42.8 Å². The van der Waals surface area contributed by atoms with Gasteiger partial charge in [-0.2, -0.15) is 0 Å². The molecule has 1 aromatic carbocycles. The summed E-state index contributed by atoms with van der Waals surface area (Å²) in [5.41, 5.74) is 2.18. The van der Waals surface area contributed by atoms with Gasteiger partial charge in [-0.15, -0.1) is 0 Å². The highest BCUT2D eigenvalue weighted by molar-refractivity contribution is 5.95. The smallest absolute Gasteiger partial charge is 0.247 e. The molecule has 0 saturated carbocycles. The predicted molar refractivity (Wildman–Crippen MR) is 83.7 cm³/mol. The maximum atomic E-state index is 12.3. The number of imidazole rings is 1. The van der Waals surface area contributed by atoms with Crippen LogP contribution in [0.2, 0.25) is 0 Å². The van der Waals surface area contributed by atoms with Crippen LogP contribution in [0.1, 0.15) is 38.6 Å². The van der Waals surface area contributed by atoms with Crippen molar-refractivity contribution >= 4 is 22.7 Å². The molecule has 2 aromatic heterocycles. The first-order valence-corrected chi connectivity index (χ1v) is 7.23. The first-order valence-electron chi connectivity index (χ1n) is 7.23. The third-order valence-corrected chi connectivity index (χ3v) is 3.52. The summed E-state index contributed by atoms with van der Waals surface area (Å²) in [6, 6.07) is 5.13. The van der Waals surface area contributed by atoms with E-state index in [0.717, 1.165) is 11.1 Å². The van der Waals surface area contributed by atoms with Crippen molar-refractivity contribution in [3.8, 4) is 0 Å². The Morgan fingerprint density at radius 1 is 1.32 bits per heavy atom. The molecule has 114 valence electrons. The molecule has 3 rings (SSSR count). The molecule has 3 aromatic rings. The van der Waals surface area contributed by atoms with E-state index >= 15 is 0 Å². The number of benzene rings is 1. The number of anilines is 1. The molecule has 0 aliphatic rings. The van der Waals surface area contributed by atoms with Gasteiger partial charge in [0.2, 0.25) is 5.91 Å². The zero-order valence-electron chi connectivity index (χ0n) is 12.8. The lowest BCUT2D eigenvalue weighted by molar-refractivity contribution is -0.118. The van der Waals surface area contributed by atoms with Gasteiger partial charge < -0.3 is 14.3 Å². The lowest BCUT2D eigenvalue weighted by Crippen LogP contribution is -2.22. The molecule has 6 heteroatoms. The summed E-state index contributed by atoms with van der Waals surface area (Å²) >= 11 is 0. The van der Waals surface area contributed by atoms with Gasteiger partial charge in [0.25, 0.3) is 0 Å². The van der Waals surface area contributed by atoms with Gasteiger partial charge in [0.15, 0.2) is 11.5 Å². The molecule has 0 spiro atoms. The number of nitrogens with one attached hydrogen (secondary N) is 1. The standard InChI is InChI=1S/C16H18N4O2/c1-10(2)16-19-13-8-12(4-5-14(13)22-16)18-15(21)11(3)20-7-6-17-9-20/h4-11H,1-3H3,(H,18,21).